The molecule has 30 heavy (non-hydrogen) atoms. The summed E-state index contributed by atoms with van der Waals surface area (Å²) in [6.07, 6.45) is -7.33. The molecule has 14 nitrogen and oxygen atoms in total. The zero-order valence-corrected chi connectivity index (χ0v) is 16.6. The molecular weight excluding hydrogens is 416 g/mol. The molecule has 0 bridgehead atoms. The van der Waals surface area contributed by atoms with Gasteiger partial charge >= 0.3 is 5.97 Å². The second-order valence-corrected chi connectivity index (χ2v) is 5.59. The first-order chi connectivity index (χ1) is 13.8. The molecule has 0 amide bonds. The van der Waals surface area contributed by atoms with Crippen molar-refractivity contribution in [3.63, 3.8) is 0 Å². The first-order valence-corrected chi connectivity index (χ1v) is 8.43. The van der Waals surface area contributed by atoms with Crippen LogP contribution in [0.5, 0.6) is 0 Å². The molecule has 0 fully saturated rings. The molecule has 0 aromatic carbocycles. The maximum Gasteiger partial charge on any atom is 0.330 e. The van der Waals surface area contributed by atoms with Crippen LogP contribution in [-0.4, -0.2) is 149 Å². The van der Waals surface area contributed by atoms with Gasteiger partial charge in [0.2, 0.25) is 0 Å². The lowest BCUT2D eigenvalue weighted by molar-refractivity contribution is -0.132. The number of aliphatic carboxylic acids is 1. The quantitative estimate of drug-likeness (QED) is 0.137. The van der Waals surface area contributed by atoms with Gasteiger partial charge in [-0.1, -0.05) is 6.58 Å². The molecule has 0 heterocycles. The summed E-state index contributed by atoms with van der Waals surface area (Å²) in [5, 5.41) is 107. The Morgan fingerprint density at radius 3 is 0.700 bits per heavy atom. The molecule has 0 aliphatic rings. The summed E-state index contributed by atoms with van der Waals surface area (Å²) in [4.78, 5) is 9.60. The highest BCUT2D eigenvalue weighted by atomic mass is 16.4. The van der Waals surface area contributed by atoms with E-state index in [1.165, 1.54) is 6.92 Å². The van der Waals surface area contributed by atoms with Crippen LogP contribution in [0.15, 0.2) is 12.2 Å². The fourth-order valence-corrected chi connectivity index (χ4v) is 0.730. The molecular formula is C16H36O14. The molecule has 0 saturated heterocycles. The van der Waals surface area contributed by atoms with Crippen molar-refractivity contribution in [2.24, 2.45) is 0 Å². The molecule has 184 valence electrons. The normalized spacial score (nSPS) is 15.9. The maximum atomic E-state index is 9.60. The Kier molecular flexibility index (Phi) is 28.9. The fourth-order valence-electron chi connectivity index (χ4n) is 0.730. The predicted molar refractivity (Wildman–Crippen MR) is 101 cm³/mol. The number of carbonyl (C=O) groups is 1. The minimum atomic E-state index is -1.22. The van der Waals surface area contributed by atoms with E-state index in [-0.39, 0.29) is 5.57 Å². The zero-order chi connectivity index (χ0) is 24.9. The van der Waals surface area contributed by atoms with Gasteiger partial charge in [0.1, 0.15) is 36.6 Å². The summed E-state index contributed by atoms with van der Waals surface area (Å²) in [6.45, 7) is 1.45. The highest BCUT2D eigenvalue weighted by Gasteiger charge is 2.13. The third-order valence-corrected chi connectivity index (χ3v) is 2.82. The van der Waals surface area contributed by atoms with Crippen LogP contribution in [0.3, 0.4) is 0 Å². The van der Waals surface area contributed by atoms with Crippen molar-refractivity contribution in [2.75, 3.05) is 39.6 Å². The van der Waals surface area contributed by atoms with Crippen LogP contribution in [0.4, 0.5) is 0 Å². The van der Waals surface area contributed by atoms with E-state index in [4.69, 9.17) is 66.4 Å². The summed E-state index contributed by atoms with van der Waals surface area (Å²) in [6, 6.07) is 0. The van der Waals surface area contributed by atoms with E-state index in [9.17, 15) is 4.79 Å². The molecule has 0 aliphatic carbocycles. The Morgan fingerprint density at radius 1 is 0.567 bits per heavy atom. The number of carboxylic acids is 1. The number of carboxylic acid groups (broad SMARTS) is 1. The Balaban J connectivity index is -0.000000151. The van der Waals surface area contributed by atoms with Crippen LogP contribution in [0.1, 0.15) is 6.92 Å². The average Bonchev–Trinajstić information content (AvgIpc) is 2.76. The lowest BCUT2D eigenvalue weighted by Gasteiger charge is -2.10. The Bertz CT molecular complexity index is 320. The van der Waals surface area contributed by atoms with Crippen molar-refractivity contribution >= 4 is 5.97 Å². The second-order valence-electron chi connectivity index (χ2n) is 5.59. The van der Waals surface area contributed by atoms with Gasteiger partial charge in [-0.25, -0.2) is 4.79 Å². The Labute approximate surface area is 173 Å². The minimum Gasteiger partial charge on any atom is -0.478 e. The molecule has 0 rings (SSSR count). The van der Waals surface area contributed by atoms with Crippen LogP contribution >= 0.6 is 0 Å². The molecule has 0 aromatic heterocycles. The second kappa shape index (κ2) is 24.0. The lowest BCUT2D eigenvalue weighted by atomic mass is 10.2. The van der Waals surface area contributed by atoms with E-state index < -0.39 is 82.2 Å². The molecule has 0 radical (unpaired) electrons. The first-order valence-electron chi connectivity index (χ1n) is 8.43. The third kappa shape index (κ3) is 24.8. The third-order valence-electron chi connectivity index (χ3n) is 2.82. The Morgan fingerprint density at radius 2 is 0.667 bits per heavy atom. The van der Waals surface area contributed by atoms with Gasteiger partial charge in [-0.3, -0.25) is 0 Å². The molecule has 0 aromatic rings. The van der Waals surface area contributed by atoms with Crippen LogP contribution in [-0.2, 0) is 4.79 Å². The van der Waals surface area contributed by atoms with Crippen LogP contribution < -0.4 is 0 Å². The minimum absolute atomic E-state index is 0.176. The largest absolute Gasteiger partial charge is 0.478 e. The highest BCUT2D eigenvalue weighted by Crippen LogP contribution is 1.89. The smallest absolute Gasteiger partial charge is 0.330 e. The summed E-state index contributed by atoms with van der Waals surface area (Å²) in [7, 11) is 0. The number of aliphatic hydroxyl groups is 12. The van der Waals surface area contributed by atoms with E-state index in [0.717, 1.165) is 0 Å². The topological polar surface area (TPSA) is 280 Å². The molecule has 13 N–H and O–H groups in total. The van der Waals surface area contributed by atoms with Crippen LogP contribution in [0, 0.1) is 0 Å². The number of rotatable bonds is 10. The maximum absolute atomic E-state index is 9.60. The summed E-state index contributed by atoms with van der Waals surface area (Å²) < 4.78 is 0. The van der Waals surface area contributed by atoms with Gasteiger partial charge in [-0.05, 0) is 6.92 Å². The highest BCUT2D eigenvalue weighted by molar-refractivity contribution is 5.84. The Hall–Kier alpha value is -1.27. The van der Waals surface area contributed by atoms with Gasteiger partial charge in [0.15, 0.2) is 0 Å². The van der Waals surface area contributed by atoms with Crippen LogP contribution in [0.2, 0.25) is 0 Å². The molecule has 14 heteroatoms. The van der Waals surface area contributed by atoms with E-state index in [1.807, 2.05) is 0 Å². The van der Waals surface area contributed by atoms with E-state index in [1.54, 1.807) is 0 Å². The van der Waals surface area contributed by atoms with Crippen molar-refractivity contribution < 1.29 is 71.2 Å². The SMILES string of the molecule is C=C(C)C(=O)O.OC[C@@H](O)[C@@H](O)CO.OC[C@@H](O)[C@@H](O)CO.OC[C@@H](O)[C@@H](O)CO. The molecule has 6 atom stereocenters. The van der Waals surface area contributed by atoms with Gasteiger partial charge in [0, 0.05) is 5.57 Å². The predicted octanol–water partition coefficient (Wildman–Crippen LogP) is -6.27. The number of hydrogen-bond acceptors (Lipinski definition) is 13. The number of hydrogen-bond donors (Lipinski definition) is 13. The van der Waals surface area contributed by atoms with Gasteiger partial charge in [0.05, 0.1) is 39.6 Å². The standard InChI is InChI=1S/3C4H10O4.C4H6O2/c3*5-1-3(7)4(8)2-6;1-3(2)4(5)6/h3*3-8H,1-2H2;1H2,2H3,(H,5,6)/t3*3-,4+;. The van der Waals surface area contributed by atoms with Crippen molar-refractivity contribution in [3.05, 3.63) is 12.2 Å². The zero-order valence-electron chi connectivity index (χ0n) is 16.6. The fraction of sp³-hybridized carbons (Fsp3) is 0.812. The summed E-state index contributed by atoms with van der Waals surface area (Å²) in [5.74, 6) is -0.935. The van der Waals surface area contributed by atoms with Crippen molar-refractivity contribution in [1.29, 1.82) is 0 Å². The van der Waals surface area contributed by atoms with Gasteiger partial charge in [-0.2, -0.15) is 0 Å². The van der Waals surface area contributed by atoms with Gasteiger partial charge < -0.3 is 66.4 Å². The van der Waals surface area contributed by atoms with Gasteiger partial charge in [0.25, 0.3) is 0 Å². The first kappa shape index (κ1) is 36.1. The molecule has 0 aliphatic heterocycles. The monoisotopic (exact) mass is 452 g/mol. The number of aliphatic hydroxyl groups excluding tert-OH is 12. The van der Waals surface area contributed by atoms with Crippen molar-refractivity contribution in [3.8, 4) is 0 Å². The van der Waals surface area contributed by atoms with Crippen molar-refractivity contribution in [2.45, 2.75) is 43.5 Å². The van der Waals surface area contributed by atoms with Gasteiger partial charge in [-0.15, -0.1) is 0 Å². The molecule has 0 spiro atoms. The lowest BCUT2D eigenvalue weighted by Crippen LogP contribution is -2.31. The summed E-state index contributed by atoms with van der Waals surface area (Å²) >= 11 is 0. The van der Waals surface area contributed by atoms with Crippen molar-refractivity contribution in [1.82, 2.24) is 0 Å². The van der Waals surface area contributed by atoms with E-state index >= 15 is 0 Å². The molecule has 0 saturated carbocycles. The summed E-state index contributed by atoms with van der Waals surface area (Å²) in [5.41, 5.74) is 0.176. The molecule has 0 unspecified atom stereocenters. The average molecular weight is 452 g/mol. The van der Waals surface area contributed by atoms with E-state index in [0.29, 0.717) is 0 Å². The van der Waals surface area contributed by atoms with E-state index in [2.05, 4.69) is 6.58 Å². The van der Waals surface area contributed by atoms with Crippen LogP contribution in [0.25, 0.3) is 0 Å².